The highest BCUT2D eigenvalue weighted by Gasteiger charge is 2.39. The first kappa shape index (κ1) is 85.2. The lowest BCUT2D eigenvalue weighted by atomic mass is 9.92. The molecule has 6 aromatic carbocycles. The molecule has 614 valence electrons. The monoisotopic (exact) mass is 1620 g/mol. The summed E-state index contributed by atoms with van der Waals surface area (Å²) in [6.45, 7) is 28.5. The summed E-state index contributed by atoms with van der Waals surface area (Å²) in [6.07, 6.45) is 12.9. The van der Waals surface area contributed by atoms with Crippen LogP contribution in [0.4, 0.5) is 14.4 Å². The van der Waals surface area contributed by atoms with Gasteiger partial charge in [0.1, 0.15) is 35.4 Å². The lowest BCUT2D eigenvalue weighted by Crippen LogP contribution is -2.41. The molecule has 2 saturated heterocycles. The number of unbranched alkanes of at least 4 members (excludes halogenated alkanes) is 3. The zero-order valence-electron chi connectivity index (χ0n) is 67.8. The van der Waals surface area contributed by atoms with Crippen LogP contribution < -0.4 is 19.5 Å². The van der Waals surface area contributed by atoms with Gasteiger partial charge in [-0.2, -0.15) is 0 Å². The summed E-state index contributed by atoms with van der Waals surface area (Å²) in [5.74, 6) is 3.36. The van der Waals surface area contributed by atoms with Crippen LogP contribution >= 0.6 is 34.8 Å². The van der Waals surface area contributed by atoms with Crippen LogP contribution in [-0.4, -0.2) is 196 Å². The Morgan fingerprint density at radius 2 is 0.763 bits per heavy atom. The Hall–Kier alpha value is -8.18. The fourth-order valence-electron chi connectivity index (χ4n) is 15.9. The number of morpholine rings is 1. The van der Waals surface area contributed by atoms with Crippen molar-refractivity contribution in [1.29, 1.82) is 0 Å². The van der Waals surface area contributed by atoms with Gasteiger partial charge in [0.05, 0.1) is 52.9 Å². The fourth-order valence-corrected chi connectivity index (χ4v) is 16.4. The Morgan fingerprint density at radius 3 is 1.11 bits per heavy atom. The minimum atomic E-state index is -0.290. The van der Waals surface area contributed by atoms with Crippen LogP contribution in [0.15, 0.2) is 127 Å². The van der Waals surface area contributed by atoms with E-state index in [2.05, 4.69) is 54.3 Å². The molecule has 23 heteroatoms. The standard InChI is InChI=1S/C31H40ClN3O3.C30H38ClN3O4.C30H40ClN3O4/c1-22(2)21-38-31(36)35-18-14-26-27-20-24(32)10-13-28(27)33-29(26)30(35)23-8-11-25(12-9-23)37-19-7-6-17-34-15-4-3-5-16-34;1-21(2)20-38-30(35)34-13-11-25-26-19-23(31)7-10-27(26)32-28(25)29(34)22-5-8-24(9-6-22)37-16-4-3-12-33-14-17-36-18-15-33;1-21(2)20-38-30(35)34-16-13-25-26-19-23(31)9-12-27(26)33-28(25)29(34)22-7-10-24(11-8-22)37-18-5-4-14-32-15-6-17-36-3/h8-13,20,22,30,33H,3-7,14-19,21H2,1-2H3;5-10,19,21,29,32H,3-4,11-18,20H2,1-2H3;7-12,19,21,29,32-33H,4-6,13-18,20H2,1-3H3. The van der Waals surface area contributed by atoms with Crippen molar-refractivity contribution in [3.05, 3.63) is 193 Å². The van der Waals surface area contributed by atoms with Gasteiger partial charge in [-0.15, -0.1) is 0 Å². The second kappa shape index (κ2) is 42.6. The van der Waals surface area contributed by atoms with E-state index in [9.17, 15) is 14.4 Å². The number of piperidine rings is 1. The third kappa shape index (κ3) is 23.1. The van der Waals surface area contributed by atoms with E-state index < -0.39 is 0 Å². The third-order valence-electron chi connectivity index (χ3n) is 21.7. The number of nitrogens with one attached hydrogen (secondary N) is 4. The van der Waals surface area contributed by atoms with Gasteiger partial charge in [0.15, 0.2) is 0 Å². The van der Waals surface area contributed by atoms with Crippen molar-refractivity contribution in [1.82, 2.24) is 44.8 Å². The molecule has 3 aromatic heterocycles. The molecular weight excluding hydrogens is 1500 g/mol. The van der Waals surface area contributed by atoms with Gasteiger partial charge in [-0.25, -0.2) is 14.4 Å². The number of aromatic nitrogens is 3. The van der Waals surface area contributed by atoms with Gasteiger partial charge in [-0.3, -0.25) is 19.6 Å². The molecule has 0 bridgehead atoms. The van der Waals surface area contributed by atoms with Crippen molar-refractivity contribution in [3.63, 3.8) is 0 Å². The minimum Gasteiger partial charge on any atom is -0.494 e. The molecule has 0 aliphatic carbocycles. The van der Waals surface area contributed by atoms with Gasteiger partial charge in [0, 0.05) is 111 Å². The van der Waals surface area contributed by atoms with E-state index in [1.165, 1.54) is 62.0 Å². The smallest absolute Gasteiger partial charge is 0.410 e. The molecule has 3 amide bonds. The van der Waals surface area contributed by atoms with E-state index in [4.69, 9.17) is 72.7 Å². The van der Waals surface area contributed by atoms with Gasteiger partial charge < -0.3 is 63.1 Å². The number of carbonyl (C=O) groups excluding carboxylic acids is 3. The summed E-state index contributed by atoms with van der Waals surface area (Å²) in [6, 6.07) is 41.3. The quantitative estimate of drug-likeness (QED) is 0.0236. The Labute approximate surface area is 688 Å². The first-order chi connectivity index (χ1) is 55.5. The molecule has 8 heterocycles. The largest absolute Gasteiger partial charge is 0.494 e. The number of halogens is 3. The second-order valence-electron chi connectivity index (χ2n) is 31.9. The molecule has 3 atom stereocenters. The van der Waals surface area contributed by atoms with Crippen molar-refractivity contribution in [2.75, 3.05) is 139 Å². The van der Waals surface area contributed by atoms with E-state index in [-0.39, 0.29) is 54.2 Å². The van der Waals surface area contributed by atoms with Crippen molar-refractivity contribution in [2.24, 2.45) is 17.8 Å². The molecule has 5 aliphatic heterocycles. The van der Waals surface area contributed by atoms with Crippen LogP contribution in [0.3, 0.4) is 0 Å². The van der Waals surface area contributed by atoms with Crippen LogP contribution in [0.2, 0.25) is 15.1 Å². The normalized spacial score (nSPS) is 17.1. The Balaban J connectivity index is 0.000000158. The summed E-state index contributed by atoms with van der Waals surface area (Å²) in [5.41, 5.74) is 12.8. The maximum absolute atomic E-state index is 13.2. The first-order valence-electron chi connectivity index (χ1n) is 41.6. The lowest BCUT2D eigenvalue weighted by Gasteiger charge is -2.35. The lowest BCUT2D eigenvalue weighted by molar-refractivity contribution is 0.0368. The summed E-state index contributed by atoms with van der Waals surface area (Å²) in [7, 11) is 1.73. The highest BCUT2D eigenvalue weighted by molar-refractivity contribution is 6.32. The predicted molar refractivity (Wildman–Crippen MR) is 456 cm³/mol. The van der Waals surface area contributed by atoms with Crippen LogP contribution in [0.1, 0.15) is 174 Å². The molecule has 14 rings (SSSR count). The number of ether oxygens (including phenoxy) is 8. The van der Waals surface area contributed by atoms with Crippen LogP contribution in [0.5, 0.6) is 17.2 Å². The number of hydrogen-bond acceptors (Lipinski definition) is 14. The maximum atomic E-state index is 13.2. The number of hydrogen-bond donors (Lipinski definition) is 4. The topological polar surface area (TPSA) is 201 Å². The van der Waals surface area contributed by atoms with E-state index in [0.717, 1.165) is 201 Å². The molecule has 0 saturated carbocycles. The van der Waals surface area contributed by atoms with Crippen molar-refractivity contribution >= 4 is 85.8 Å². The van der Waals surface area contributed by atoms with Crippen molar-refractivity contribution < 1.29 is 52.3 Å². The van der Waals surface area contributed by atoms with Crippen LogP contribution in [-0.2, 0) is 42.9 Å². The van der Waals surface area contributed by atoms with Gasteiger partial charge in [0.2, 0.25) is 0 Å². The molecule has 9 aromatic rings. The highest BCUT2D eigenvalue weighted by Crippen LogP contribution is 2.44. The van der Waals surface area contributed by atoms with Crippen molar-refractivity contribution in [2.45, 2.75) is 143 Å². The molecule has 5 aliphatic rings. The highest BCUT2D eigenvalue weighted by atomic mass is 35.5. The summed E-state index contributed by atoms with van der Waals surface area (Å²) < 4.78 is 45.6. The Bertz CT molecular complexity index is 4330. The van der Waals surface area contributed by atoms with Gasteiger partial charge in [-0.1, -0.05) is 119 Å². The molecule has 2 fully saturated rings. The molecule has 3 unspecified atom stereocenters. The zero-order valence-corrected chi connectivity index (χ0v) is 70.1. The van der Waals surface area contributed by atoms with E-state index in [1.54, 1.807) is 7.11 Å². The van der Waals surface area contributed by atoms with Gasteiger partial charge in [-0.05, 0) is 258 Å². The predicted octanol–water partition coefficient (Wildman–Crippen LogP) is 19.6. The number of fused-ring (bicyclic) bond motifs is 9. The number of amides is 3. The Kier molecular flexibility index (Phi) is 31.8. The number of carbonyl (C=O) groups is 3. The number of benzene rings is 6. The van der Waals surface area contributed by atoms with Gasteiger partial charge >= 0.3 is 18.3 Å². The van der Waals surface area contributed by atoms with E-state index in [0.29, 0.717) is 67.7 Å². The number of H-pyrrole nitrogens is 3. The molecule has 4 N–H and O–H groups in total. The van der Waals surface area contributed by atoms with Crippen LogP contribution in [0, 0.1) is 17.8 Å². The molecule has 114 heavy (non-hydrogen) atoms. The van der Waals surface area contributed by atoms with E-state index in [1.807, 2.05) is 159 Å². The number of likely N-dealkylation sites (tertiary alicyclic amines) is 1. The second-order valence-corrected chi connectivity index (χ2v) is 33.2. The molecule has 20 nitrogen and oxygen atoms in total. The molecule has 0 spiro atoms. The summed E-state index contributed by atoms with van der Waals surface area (Å²) in [4.78, 5) is 60.8. The maximum Gasteiger partial charge on any atom is 0.410 e. The van der Waals surface area contributed by atoms with E-state index >= 15 is 0 Å². The fraction of sp³-hybridized carbons (Fsp3) is 0.505. The van der Waals surface area contributed by atoms with Gasteiger partial charge in [0.25, 0.3) is 0 Å². The number of methoxy groups -OCH3 is 1. The number of nitrogens with zero attached hydrogens (tertiary/aromatic N) is 5. The first-order valence-corrected chi connectivity index (χ1v) is 42.7. The average Bonchev–Trinajstić information content (AvgIpc) is 1.58. The van der Waals surface area contributed by atoms with Crippen molar-refractivity contribution in [3.8, 4) is 17.2 Å². The minimum absolute atomic E-state index is 0.261. The summed E-state index contributed by atoms with van der Waals surface area (Å²) in [5, 5.41) is 8.90. The summed E-state index contributed by atoms with van der Waals surface area (Å²) >= 11 is 19.0. The zero-order chi connectivity index (χ0) is 79.9. The average molecular weight is 1620 g/mol. The Morgan fingerprint density at radius 1 is 0.421 bits per heavy atom. The van der Waals surface area contributed by atoms with Crippen LogP contribution in [0.25, 0.3) is 32.7 Å². The third-order valence-corrected chi connectivity index (χ3v) is 22.4. The molecule has 0 radical (unpaired) electrons. The number of rotatable bonds is 31. The SMILES string of the molecule is CC(C)COC(=O)N1CCc2c([nH]c3ccc(Cl)cc23)C1c1ccc(OCCCCN2CCCCC2)cc1.CC(C)COC(=O)N1CCc2c([nH]c3ccc(Cl)cc23)C1c1ccc(OCCCCN2CCOCC2)cc1.COCCCNCCCCOc1ccc(C2c3[nH]c4ccc(Cl)cc4c3CCN2C(=O)OCC(C)C)cc1. The number of aromatic amines is 3. The molecular formula is C91H118Cl3N9O11.